The van der Waals surface area contributed by atoms with Crippen LogP contribution in [0.25, 0.3) is 0 Å². The van der Waals surface area contributed by atoms with Crippen LogP contribution in [0.4, 0.5) is 0 Å². The Morgan fingerprint density at radius 2 is 2.25 bits per heavy atom. The lowest BCUT2D eigenvalue weighted by Gasteiger charge is -2.03. The van der Waals surface area contributed by atoms with Crippen molar-refractivity contribution >= 4 is 11.9 Å². The fourth-order valence-corrected chi connectivity index (χ4v) is 1.05. The average Bonchev–Trinajstić information content (AvgIpc) is 2.28. The summed E-state index contributed by atoms with van der Waals surface area (Å²) in [7, 11) is 0. The van der Waals surface area contributed by atoms with Crippen LogP contribution in [0.15, 0.2) is 12.3 Å². The maximum Gasteiger partial charge on any atom is 0.303 e. The summed E-state index contributed by atoms with van der Waals surface area (Å²) in [6.45, 7) is 3.58. The molecule has 1 saturated heterocycles. The largest absolute Gasteiger partial charge is 0.481 e. The number of hydrogen-bond acceptors (Lipinski definition) is 3. The molecule has 1 fully saturated rings. The lowest BCUT2D eigenvalue weighted by Crippen LogP contribution is -2.25. The first-order valence-electron chi connectivity index (χ1n) is 3.57. The molecule has 0 saturated carbocycles. The minimum absolute atomic E-state index is 0.0151. The molecule has 5 nitrogen and oxygen atoms in total. The van der Waals surface area contributed by atoms with Crippen molar-refractivity contribution in [1.29, 1.82) is 0 Å². The topological polar surface area (TPSA) is 78.4 Å². The first kappa shape index (κ1) is 8.58. The third kappa shape index (κ3) is 1.75. The Morgan fingerprint density at radius 1 is 1.58 bits per heavy atom. The predicted molar refractivity (Wildman–Crippen MR) is 40.8 cm³/mol. The van der Waals surface area contributed by atoms with Crippen molar-refractivity contribution in [2.24, 2.45) is 5.92 Å². The highest BCUT2D eigenvalue weighted by Crippen LogP contribution is 2.16. The van der Waals surface area contributed by atoms with Crippen LogP contribution in [0.5, 0.6) is 0 Å². The van der Waals surface area contributed by atoms with Gasteiger partial charge in [-0.3, -0.25) is 15.0 Å². The quantitative estimate of drug-likeness (QED) is 0.539. The summed E-state index contributed by atoms with van der Waals surface area (Å²) >= 11 is 0. The van der Waals surface area contributed by atoms with Crippen molar-refractivity contribution in [3.8, 4) is 0 Å². The second-order valence-electron chi connectivity index (χ2n) is 2.62. The molecule has 1 aliphatic heterocycles. The fraction of sp³-hybridized carbons (Fsp3) is 0.429. The van der Waals surface area contributed by atoms with Crippen molar-refractivity contribution in [3.63, 3.8) is 0 Å². The molecule has 0 radical (unpaired) electrons. The molecule has 12 heavy (non-hydrogen) atoms. The number of carbonyl (C=O) groups excluding carboxylic acids is 1. The fourth-order valence-electron chi connectivity index (χ4n) is 1.05. The zero-order valence-corrected chi connectivity index (χ0v) is 6.46. The summed E-state index contributed by atoms with van der Waals surface area (Å²) in [5.41, 5.74) is 5.46. The van der Waals surface area contributed by atoms with Crippen molar-refractivity contribution < 1.29 is 14.7 Å². The van der Waals surface area contributed by atoms with E-state index in [1.165, 1.54) is 0 Å². The van der Waals surface area contributed by atoms with E-state index in [1.807, 2.05) is 0 Å². The Kier molecular flexibility index (Phi) is 2.32. The van der Waals surface area contributed by atoms with E-state index >= 15 is 0 Å². The monoisotopic (exact) mass is 170 g/mol. The molecule has 1 atom stereocenters. The second kappa shape index (κ2) is 3.25. The van der Waals surface area contributed by atoms with Crippen LogP contribution in [0.3, 0.4) is 0 Å². The molecular formula is C7H10N2O3. The number of nitrogens with one attached hydrogen (secondary N) is 2. The highest BCUT2D eigenvalue weighted by atomic mass is 16.4. The molecule has 0 aromatic rings. The molecule has 0 aliphatic carbocycles. The molecule has 1 rings (SSSR count). The molecule has 5 heteroatoms. The lowest BCUT2D eigenvalue weighted by molar-refractivity contribution is -0.137. The third-order valence-electron chi connectivity index (χ3n) is 1.73. The lowest BCUT2D eigenvalue weighted by atomic mass is 10.0. The third-order valence-corrected chi connectivity index (χ3v) is 1.73. The van der Waals surface area contributed by atoms with Gasteiger partial charge in [-0.05, 0) is 6.42 Å². The molecule has 1 amide bonds. The van der Waals surface area contributed by atoms with E-state index in [-0.39, 0.29) is 12.3 Å². The summed E-state index contributed by atoms with van der Waals surface area (Å²) in [4.78, 5) is 21.2. The predicted octanol–water partition coefficient (Wildman–Crippen LogP) is -0.385. The molecule has 1 heterocycles. The van der Waals surface area contributed by atoms with Gasteiger partial charge in [-0.25, -0.2) is 0 Å². The highest BCUT2D eigenvalue weighted by Gasteiger charge is 2.27. The van der Waals surface area contributed by atoms with Crippen molar-refractivity contribution in [2.75, 3.05) is 0 Å². The smallest absolute Gasteiger partial charge is 0.303 e. The number of rotatable bonds is 3. The SMILES string of the molecule is C=C1NNC(=O)C1CCC(=O)O. The van der Waals surface area contributed by atoms with Gasteiger partial charge in [0.25, 0.3) is 0 Å². The summed E-state index contributed by atoms with van der Waals surface area (Å²) in [5.74, 6) is -1.51. The Labute approximate surface area is 69.4 Å². The number of carboxylic acid groups (broad SMARTS) is 1. The van der Waals surface area contributed by atoms with Gasteiger partial charge in [-0.15, -0.1) is 0 Å². The Hall–Kier alpha value is -1.52. The summed E-state index contributed by atoms with van der Waals surface area (Å²) in [6.07, 6.45) is 0.284. The van der Waals surface area contributed by atoms with Crippen LogP contribution in [-0.4, -0.2) is 17.0 Å². The Morgan fingerprint density at radius 3 is 2.67 bits per heavy atom. The van der Waals surface area contributed by atoms with Gasteiger partial charge in [-0.1, -0.05) is 6.58 Å². The molecule has 0 aromatic carbocycles. The standard InChI is InChI=1S/C7H10N2O3/c1-4-5(2-3-6(10)11)7(12)9-8-4/h5,8H,1-3H2,(H,9,12)(H,10,11). The van der Waals surface area contributed by atoms with Gasteiger partial charge in [-0.2, -0.15) is 0 Å². The van der Waals surface area contributed by atoms with Gasteiger partial charge < -0.3 is 10.5 Å². The van der Waals surface area contributed by atoms with E-state index in [0.717, 1.165) is 0 Å². The maximum atomic E-state index is 11.0. The van der Waals surface area contributed by atoms with Crippen LogP contribution in [0.1, 0.15) is 12.8 Å². The van der Waals surface area contributed by atoms with Gasteiger partial charge in [0.2, 0.25) is 5.91 Å². The number of hydrogen-bond donors (Lipinski definition) is 3. The van der Waals surface area contributed by atoms with Crippen molar-refractivity contribution in [3.05, 3.63) is 12.3 Å². The van der Waals surface area contributed by atoms with E-state index in [0.29, 0.717) is 12.1 Å². The molecule has 1 aliphatic rings. The zero-order chi connectivity index (χ0) is 9.14. The first-order valence-corrected chi connectivity index (χ1v) is 3.57. The van der Waals surface area contributed by atoms with Crippen molar-refractivity contribution in [2.45, 2.75) is 12.8 Å². The summed E-state index contributed by atoms with van der Waals surface area (Å²) in [6, 6.07) is 0. The number of hydrazine groups is 1. The maximum absolute atomic E-state index is 11.0. The minimum Gasteiger partial charge on any atom is -0.481 e. The molecule has 0 spiro atoms. The van der Waals surface area contributed by atoms with E-state index < -0.39 is 11.9 Å². The average molecular weight is 170 g/mol. The van der Waals surface area contributed by atoms with Gasteiger partial charge in [0.1, 0.15) is 0 Å². The first-order chi connectivity index (χ1) is 5.61. The molecule has 0 bridgehead atoms. The van der Waals surface area contributed by atoms with E-state index in [4.69, 9.17) is 5.11 Å². The van der Waals surface area contributed by atoms with Crippen LogP contribution in [0.2, 0.25) is 0 Å². The van der Waals surface area contributed by atoms with Crippen LogP contribution >= 0.6 is 0 Å². The van der Waals surface area contributed by atoms with Gasteiger partial charge in [0, 0.05) is 12.1 Å². The number of carboxylic acids is 1. The minimum atomic E-state index is -0.900. The van der Waals surface area contributed by atoms with Crippen LogP contribution in [0, 0.1) is 5.92 Å². The summed E-state index contributed by atoms with van der Waals surface area (Å²) < 4.78 is 0. The van der Waals surface area contributed by atoms with Crippen molar-refractivity contribution in [1.82, 2.24) is 10.9 Å². The second-order valence-corrected chi connectivity index (χ2v) is 2.62. The molecule has 3 N–H and O–H groups in total. The van der Waals surface area contributed by atoms with E-state index in [1.54, 1.807) is 0 Å². The van der Waals surface area contributed by atoms with Gasteiger partial charge in [0.15, 0.2) is 0 Å². The molecule has 0 aromatic heterocycles. The normalized spacial score (nSPS) is 21.8. The van der Waals surface area contributed by atoms with E-state index in [2.05, 4.69) is 17.4 Å². The number of amides is 1. The van der Waals surface area contributed by atoms with E-state index in [9.17, 15) is 9.59 Å². The Bertz CT molecular complexity index is 221. The van der Waals surface area contributed by atoms with Crippen LogP contribution < -0.4 is 10.9 Å². The molecular weight excluding hydrogens is 160 g/mol. The van der Waals surface area contributed by atoms with Gasteiger partial charge in [0.05, 0.1) is 5.92 Å². The molecule has 66 valence electrons. The Balaban J connectivity index is 2.45. The summed E-state index contributed by atoms with van der Waals surface area (Å²) in [5, 5.41) is 8.36. The molecule has 1 unspecified atom stereocenters. The van der Waals surface area contributed by atoms with Crippen LogP contribution in [-0.2, 0) is 9.59 Å². The van der Waals surface area contributed by atoms with Gasteiger partial charge >= 0.3 is 5.97 Å². The highest BCUT2D eigenvalue weighted by molar-refractivity contribution is 5.84. The number of aliphatic carboxylic acids is 1. The zero-order valence-electron chi connectivity index (χ0n) is 6.46. The number of carbonyl (C=O) groups is 2.